The SMILES string of the molecule is O=C(NCc1ccccc1Cl)C1CCN(S(=O)(=O)CCCc2ccccc2)CC1. The number of nitrogens with one attached hydrogen (secondary N) is 1. The van der Waals surface area contributed by atoms with Crippen LogP contribution in [-0.4, -0.2) is 37.5 Å². The summed E-state index contributed by atoms with van der Waals surface area (Å²) in [5.74, 6) is -0.0510. The highest BCUT2D eigenvalue weighted by atomic mass is 35.5. The number of carbonyl (C=O) groups is 1. The second-order valence-electron chi connectivity index (χ2n) is 7.39. The van der Waals surface area contributed by atoms with Gasteiger partial charge < -0.3 is 5.32 Å². The molecule has 5 nitrogen and oxygen atoms in total. The number of aryl methyl sites for hydroxylation is 1. The molecule has 0 unspecified atom stereocenters. The van der Waals surface area contributed by atoms with Crippen LogP contribution >= 0.6 is 11.6 Å². The Morgan fingerprint density at radius 3 is 2.38 bits per heavy atom. The summed E-state index contributed by atoms with van der Waals surface area (Å²) in [6, 6.07) is 17.3. The lowest BCUT2D eigenvalue weighted by Crippen LogP contribution is -2.43. The number of piperidine rings is 1. The molecule has 156 valence electrons. The topological polar surface area (TPSA) is 66.5 Å². The fourth-order valence-electron chi connectivity index (χ4n) is 3.60. The van der Waals surface area contributed by atoms with Crippen molar-refractivity contribution in [3.63, 3.8) is 0 Å². The lowest BCUT2D eigenvalue weighted by molar-refractivity contribution is -0.126. The van der Waals surface area contributed by atoms with Gasteiger partial charge in [-0.05, 0) is 42.9 Å². The van der Waals surface area contributed by atoms with E-state index < -0.39 is 10.0 Å². The molecule has 2 aromatic carbocycles. The zero-order valence-corrected chi connectivity index (χ0v) is 18.0. The van der Waals surface area contributed by atoms with Crippen LogP contribution < -0.4 is 5.32 Å². The predicted octanol–water partition coefficient (Wildman–Crippen LogP) is 3.63. The van der Waals surface area contributed by atoms with E-state index in [2.05, 4.69) is 5.32 Å². The Morgan fingerprint density at radius 1 is 1.03 bits per heavy atom. The molecule has 0 spiro atoms. The summed E-state index contributed by atoms with van der Waals surface area (Å²) in [7, 11) is -3.28. The van der Waals surface area contributed by atoms with Gasteiger partial charge in [-0.15, -0.1) is 0 Å². The molecule has 0 saturated carbocycles. The molecule has 1 saturated heterocycles. The molecule has 1 N–H and O–H groups in total. The lowest BCUT2D eigenvalue weighted by atomic mass is 9.97. The maximum absolute atomic E-state index is 12.6. The Labute approximate surface area is 178 Å². The van der Waals surface area contributed by atoms with Crippen LogP contribution in [0.3, 0.4) is 0 Å². The number of amides is 1. The number of rotatable bonds is 8. The van der Waals surface area contributed by atoms with Crippen LogP contribution in [0, 0.1) is 5.92 Å². The van der Waals surface area contributed by atoms with E-state index in [-0.39, 0.29) is 17.6 Å². The van der Waals surface area contributed by atoms with Crippen molar-refractivity contribution < 1.29 is 13.2 Å². The van der Waals surface area contributed by atoms with E-state index in [1.54, 1.807) is 6.07 Å². The molecule has 1 heterocycles. The van der Waals surface area contributed by atoms with Gasteiger partial charge in [0, 0.05) is 30.6 Å². The molecule has 1 aliphatic rings. The van der Waals surface area contributed by atoms with Crippen LogP contribution in [0.25, 0.3) is 0 Å². The van der Waals surface area contributed by atoms with Gasteiger partial charge in [0.05, 0.1) is 5.75 Å². The minimum atomic E-state index is -3.28. The minimum Gasteiger partial charge on any atom is -0.352 e. The van der Waals surface area contributed by atoms with E-state index in [0.717, 1.165) is 17.5 Å². The van der Waals surface area contributed by atoms with Crippen LogP contribution in [0.5, 0.6) is 0 Å². The van der Waals surface area contributed by atoms with Crippen LogP contribution in [0.2, 0.25) is 5.02 Å². The number of carbonyl (C=O) groups excluding carboxylic acids is 1. The smallest absolute Gasteiger partial charge is 0.223 e. The van der Waals surface area contributed by atoms with Gasteiger partial charge in [-0.1, -0.05) is 60.1 Å². The Bertz CT molecular complexity index is 911. The maximum Gasteiger partial charge on any atom is 0.223 e. The fourth-order valence-corrected chi connectivity index (χ4v) is 5.33. The van der Waals surface area contributed by atoms with Crippen molar-refractivity contribution in [2.75, 3.05) is 18.8 Å². The molecule has 0 aliphatic carbocycles. The number of sulfonamides is 1. The van der Waals surface area contributed by atoms with Gasteiger partial charge in [0.1, 0.15) is 0 Å². The highest BCUT2D eigenvalue weighted by Gasteiger charge is 2.30. The van der Waals surface area contributed by atoms with Gasteiger partial charge in [-0.25, -0.2) is 12.7 Å². The summed E-state index contributed by atoms with van der Waals surface area (Å²) in [6.45, 7) is 1.19. The fraction of sp³-hybridized carbons (Fsp3) is 0.409. The highest BCUT2D eigenvalue weighted by Crippen LogP contribution is 2.21. The molecule has 1 aliphatic heterocycles. The van der Waals surface area contributed by atoms with Crippen molar-refractivity contribution in [2.45, 2.75) is 32.2 Å². The molecule has 2 aromatic rings. The first-order valence-electron chi connectivity index (χ1n) is 9.98. The van der Waals surface area contributed by atoms with Gasteiger partial charge in [0.25, 0.3) is 0 Å². The monoisotopic (exact) mass is 434 g/mol. The lowest BCUT2D eigenvalue weighted by Gasteiger charge is -2.30. The molecule has 1 amide bonds. The molecule has 1 fully saturated rings. The summed E-state index contributed by atoms with van der Waals surface area (Å²) >= 11 is 6.12. The van der Waals surface area contributed by atoms with Crippen LogP contribution in [0.1, 0.15) is 30.4 Å². The van der Waals surface area contributed by atoms with Crippen molar-refractivity contribution in [1.29, 1.82) is 0 Å². The maximum atomic E-state index is 12.6. The molecule has 0 radical (unpaired) electrons. The van der Waals surface area contributed by atoms with Gasteiger partial charge in [-0.2, -0.15) is 0 Å². The first kappa shape index (κ1) is 21.8. The van der Waals surface area contributed by atoms with E-state index in [9.17, 15) is 13.2 Å². The molecular formula is C22H27ClN2O3S. The second-order valence-corrected chi connectivity index (χ2v) is 9.88. The van der Waals surface area contributed by atoms with Crippen LogP contribution in [0.4, 0.5) is 0 Å². The summed E-state index contributed by atoms with van der Waals surface area (Å²) in [5, 5.41) is 3.55. The van der Waals surface area contributed by atoms with Crippen molar-refractivity contribution in [2.24, 2.45) is 5.92 Å². The normalized spacial score (nSPS) is 15.9. The van der Waals surface area contributed by atoms with E-state index >= 15 is 0 Å². The van der Waals surface area contributed by atoms with Gasteiger partial charge in [0.15, 0.2) is 0 Å². The zero-order valence-electron chi connectivity index (χ0n) is 16.4. The third kappa shape index (κ3) is 6.29. The Balaban J connectivity index is 1.42. The second kappa shape index (κ2) is 10.2. The largest absolute Gasteiger partial charge is 0.352 e. The Kier molecular flexibility index (Phi) is 7.70. The average molecular weight is 435 g/mol. The third-order valence-electron chi connectivity index (χ3n) is 5.34. The molecule has 7 heteroatoms. The minimum absolute atomic E-state index is 0.0361. The molecular weight excluding hydrogens is 408 g/mol. The molecule has 29 heavy (non-hydrogen) atoms. The third-order valence-corrected chi connectivity index (χ3v) is 7.66. The first-order chi connectivity index (χ1) is 14.0. The summed E-state index contributed by atoms with van der Waals surface area (Å²) in [5.41, 5.74) is 2.03. The van der Waals surface area contributed by atoms with Crippen LogP contribution in [0.15, 0.2) is 54.6 Å². The van der Waals surface area contributed by atoms with Crippen molar-refractivity contribution >= 4 is 27.5 Å². The summed E-state index contributed by atoms with van der Waals surface area (Å²) < 4.78 is 26.8. The molecule has 0 aromatic heterocycles. The Hall–Kier alpha value is -1.89. The zero-order chi connectivity index (χ0) is 20.7. The highest BCUT2D eigenvalue weighted by molar-refractivity contribution is 7.89. The van der Waals surface area contributed by atoms with E-state index in [4.69, 9.17) is 11.6 Å². The number of hydrogen-bond acceptors (Lipinski definition) is 3. The molecule has 0 bridgehead atoms. The van der Waals surface area contributed by atoms with E-state index in [1.807, 2.05) is 48.5 Å². The number of benzene rings is 2. The number of hydrogen-bond donors (Lipinski definition) is 1. The molecule has 3 rings (SSSR count). The first-order valence-corrected chi connectivity index (χ1v) is 12.0. The van der Waals surface area contributed by atoms with Gasteiger partial charge in [-0.3, -0.25) is 4.79 Å². The van der Waals surface area contributed by atoms with E-state index in [0.29, 0.717) is 43.9 Å². The Morgan fingerprint density at radius 2 is 1.69 bits per heavy atom. The van der Waals surface area contributed by atoms with Crippen molar-refractivity contribution in [1.82, 2.24) is 9.62 Å². The van der Waals surface area contributed by atoms with Crippen LogP contribution in [-0.2, 0) is 27.8 Å². The van der Waals surface area contributed by atoms with Gasteiger partial charge in [0.2, 0.25) is 15.9 Å². The van der Waals surface area contributed by atoms with Crippen molar-refractivity contribution in [3.8, 4) is 0 Å². The predicted molar refractivity (Wildman–Crippen MR) is 116 cm³/mol. The number of halogens is 1. The average Bonchev–Trinajstić information content (AvgIpc) is 2.74. The quantitative estimate of drug-likeness (QED) is 0.689. The molecule has 0 atom stereocenters. The summed E-state index contributed by atoms with van der Waals surface area (Å²) in [6.07, 6.45) is 2.45. The summed E-state index contributed by atoms with van der Waals surface area (Å²) in [4.78, 5) is 12.4. The van der Waals surface area contributed by atoms with Gasteiger partial charge >= 0.3 is 0 Å². The standard InChI is InChI=1S/C22H27ClN2O3S/c23-21-11-5-4-10-20(21)17-24-22(26)19-12-14-25(15-13-19)29(27,28)16-6-9-18-7-2-1-3-8-18/h1-5,7-8,10-11,19H,6,9,12-17H2,(H,24,26). The van der Waals surface area contributed by atoms with E-state index in [1.165, 1.54) is 4.31 Å². The number of nitrogens with zero attached hydrogens (tertiary/aromatic N) is 1. The van der Waals surface area contributed by atoms with Crippen molar-refractivity contribution in [3.05, 3.63) is 70.7 Å².